The smallest absolute Gasteiger partial charge is 0.272 e. The second-order valence-electron chi connectivity index (χ2n) is 3.69. The molecule has 2 aromatic rings. The third kappa shape index (κ3) is 3.05. The molecular formula is C12H8BrFN2O3. The van der Waals surface area contributed by atoms with Gasteiger partial charge in [0.25, 0.3) is 5.69 Å². The summed E-state index contributed by atoms with van der Waals surface area (Å²) in [6, 6.07) is 6.47. The average Bonchev–Trinajstić information content (AvgIpc) is 2.36. The van der Waals surface area contributed by atoms with E-state index in [0.717, 1.165) is 10.5 Å². The molecule has 0 radical (unpaired) electrons. The van der Waals surface area contributed by atoms with E-state index in [4.69, 9.17) is 4.74 Å². The molecule has 0 bridgehead atoms. The Labute approximate surface area is 116 Å². The lowest BCUT2D eigenvalue weighted by Crippen LogP contribution is -1.94. The van der Waals surface area contributed by atoms with Gasteiger partial charge >= 0.3 is 0 Å². The minimum atomic E-state index is -0.809. The summed E-state index contributed by atoms with van der Waals surface area (Å²) in [6.07, 6.45) is 0. The molecule has 1 aromatic carbocycles. The molecule has 2 rings (SSSR count). The van der Waals surface area contributed by atoms with Crippen LogP contribution in [0.2, 0.25) is 0 Å². The quantitative estimate of drug-likeness (QED) is 0.631. The van der Waals surface area contributed by atoms with Crippen molar-refractivity contribution in [1.82, 2.24) is 4.98 Å². The van der Waals surface area contributed by atoms with Crippen LogP contribution in [-0.2, 0) is 0 Å². The molecule has 0 aliphatic carbocycles. The van der Waals surface area contributed by atoms with Crippen molar-refractivity contribution in [2.75, 3.05) is 0 Å². The highest BCUT2D eigenvalue weighted by molar-refractivity contribution is 9.10. The highest BCUT2D eigenvalue weighted by atomic mass is 79.9. The largest absolute Gasteiger partial charge is 0.436 e. The molecule has 0 amide bonds. The van der Waals surface area contributed by atoms with Gasteiger partial charge in [0.1, 0.15) is 0 Å². The van der Waals surface area contributed by atoms with Crippen molar-refractivity contribution in [2.24, 2.45) is 0 Å². The molecule has 0 unspecified atom stereocenters. The zero-order valence-corrected chi connectivity index (χ0v) is 11.3. The first-order valence-corrected chi connectivity index (χ1v) is 6.01. The second-order valence-corrected chi connectivity index (χ2v) is 4.54. The van der Waals surface area contributed by atoms with Gasteiger partial charge < -0.3 is 4.74 Å². The zero-order chi connectivity index (χ0) is 14.0. The number of halogens is 2. The molecule has 0 spiro atoms. The van der Waals surface area contributed by atoms with E-state index < -0.39 is 10.7 Å². The lowest BCUT2D eigenvalue weighted by Gasteiger charge is -2.07. The van der Waals surface area contributed by atoms with Gasteiger partial charge in [-0.3, -0.25) is 10.1 Å². The molecule has 1 aromatic heterocycles. The van der Waals surface area contributed by atoms with E-state index in [0.29, 0.717) is 5.69 Å². The Hall–Kier alpha value is -2.02. The number of nitro benzene ring substituents is 1. The van der Waals surface area contributed by atoms with E-state index in [-0.39, 0.29) is 17.3 Å². The van der Waals surface area contributed by atoms with Crippen molar-refractivity contribution in [3.63, 3.8) is 0 Å². The summed E-state index contributed by atoms with van der Waals surface area (Å²) in [7, 11) is 0. The fraction of sp³-hybridized carbons (Fsp3) is 0.0833. The standard InChI is InChI=1S/C12H8BrFN2O3/c1-7-9(13)3-5-12(15-7)19-11-4-2-8(16(17)18)6-10(11)14/h2-6H,1H3. The topological polar surface area (TPSA) is 65.3 Å². The number of nitrogens with zero attached hydrogens (tertiary/aromatic N) is 2. The molecule has 98 valence electrons. The van der Waals surface area contributed by atoms with E-state index in [1.54, 1.807) is 19.1 Å². The van der Waals surface area contributed by atoms with Gasteiger partial charge in [0.15, 0.2) is 11.6 Å². The van der Waals surface area contributed by atoms with E-state index in [9.17, 15) is 14.5 Å². The minimum Gasteiger partial charge on any atom is -0.436 e. The Morgan fingerprint density at radius 1 is 1.37 bits per heavy atom. The highest BCUT2D eigenvalue weighted by Gasteiger charge is 2.12. The van der Waals surface area contributed by atoms with Crippen molar-refractivity contribution in [2.45, 2.75) is 6.92 Å². The molecule has 0 atom stereocenters. The lowest BCUT2D eigenvalue weighted by molar-refractivity contribution is -0.385. The predicted molar refractivity (Wildman–Crippen MR) is 69.8 cm³/mol. The van der Waals surface area contributed by atoms with Gasteiger partial charge in [-0.25, -0.2) is 9.37 Å². The van der Waals surface area contributed by atoms with Gasteiger partial charge in [0.05, 0.1) is 16.7 Å². The number of aromatic nitrogens is 1. The average molecular weight is 327 g/mol. The molecule has 0 saturated heterocycles. The van der Waals surface area contributed by atoms with Crippen LogP contribution >= 0.6 is 15.9 Å². The molecule has 19 heavy (non-hydrogen) atoms. The van der Waals surface area contributed by atoms with Crippen molar-refractivity contribution < 1.29 is 14.1 Å². The number of hydrogen-bond donors (Lipinski definition) is 0. The summed E-state index contributed by atoms with van der Waals surface area (Å²) in [5.74, 6) is -0.704. The van der Waals surface area contributed by atoms with Crippen LogP contribution in [-0.4, -0.2) is 9.91 Å². The van der Waals surface area contributed by atoms with Gasteiger partial charge in [0, 0.05) is 16.6 Å². The number of rotatable bonds is 3. The summed E-state index contributed by atoms with van der Waals surface area (Å²) in [5, 5.41) is 10.5. The molecule has 0 fully saturated rings. The first kappa shape index (κ1) is 13.4. The van der Waals surface area contributed by atoms with Crippen molar-refractivity contribution >= 4 is 21.6 Å². The third-order valence-corrected chi connectivity index (χ3v) is 3.17. The van der Waals surface area contributed by atoms with E-state index >= 15 is 0 Å². The number of non-ortho nitro benzene ring substituents is 1. The Morgan fingerprint density at radius 2 is 2.11 bits per heavy atom. The number of pyridine rings is 1. The molecule has 1 heterocycles. The molecule has 7 heteroatoms. The molecule has 0 aliphatic rings. The summed E-state index contributed by atoms with van der Waals surface area (Å²) in [6.45, 7) is 1.77. The third-order valence-electron chi connectivity index (χ3n) is 2.34. The number of ether oxygens (including phenoxy) is 1. The van der Waals surface area contributed by atoms with Crippen molar-refractivity contribution in [3.8, 4) is 11.6 Å². The van der Waals surface area contributed by atoms with Crippen LogP contribution in [0.4, 0.5) is 10.1 Å². The van der Waals surface area contributed by atoms with Crippen LogP contribution in [0.25, 0.3) is 0 Å². The van der Waals surface area contributed by atoms with Crippen molar-refractivity contribution in [1.29, 1.82) is 0 Å². The SMILES string of the molecule is Cc1nc(Oc2ccc([N+](=O)[O-])cc2F)ccc1Br. The fourth-order valence-electron chi connectivity index (χ4n) is 1.38. The van der Waals surface area contributed by atoms with Crippen LogP contribution in [0.5, 0.6) is 11.6 Å². The first-order chi connectivity index (χ1) is 8.97. The summed E-state index contributed by atoms with van der Waals surface area (Å²) < 4.78 is 19.7. The normalized spacial score (nSPS) is 10.3. The number of aryl methyl sites for hydroxylation is 1. The summed E-state index contributed by atoms with van der Waals surface area (Å²) in [5.41, 5.74) is 0.365. The lowest BCUT2D eigenvalue weighted by atomic mass is 10.3. The Bertz CT molecular complexity index is 649. The Kier molecular flexibility index (Phi) is 3.75. The Morgan fingerprint density at radius 3 is 2.68 bits per heavy atom. The van der Waals surface area contributed by atoms with Crippen LogP contribution < -0.4 is 4.74 Å². The maximum absolute atomic E-state index is 13.6. The number of hydrogen-bond acceptors (Lipinski definition) is 4. The first-order valence-electron chi connectivity index (χ1n) is 5.22. The van der Waals surface area contributed by atoms with E-state index in [1.165, 1.54) is 12.1 Å². The van der Waals surface area contributed by atoms with Gasteiger partial charge in [-0.1, -0.05) is 0 Å². The van der Waals surface area contributed by atoms with Crippen LogP contribution in [0.3, 0.4) is 0 Å². The van der Waals surface area contributed by atoms with Crippen LogP contribution in [0.1, 0.15) is 5.69 Å². The summed E-state index contributed by atoms with van der Waals surface area (Å²) >= 11 is 3.29. The van der Waals surface area contributed by atoms with Gasteiger partial charge in [-0.05, 0) is 35.0 Å². The molecular weight excluding hydrogens is 319 g/mol. The second kappa shape index (κ2) is 5.31. The molecule has 0 aliphatic heterocycles. The van der Waals surface area contributed by atoms with Crippen LogP contribution in [0, 0.1) is 22.9 Å². The Balaban J connectivity index is 2.28. The zero-order valence-electron chi connectivity index (χ0n) is 9.76. The maximum atomic E-state index is 13.6. The minimum absolute atomic E-state index is 0.111. The monoisotopic (exact) mass is 326 g/mol. The van der Waals surface area contributed by atoms with Gasteiger partial charge in [-0.15, -0.1) is 0 Å². The van der Waals surface area contributed by atoms with E-state index in [2.05, 4.69) is 20.9 Å². The number of benzene rings is 1. The van der Waals surface area contributed by atoms with Gasteiger partial charge in [0.2, 0.25) is 5.88 Å². The fourth-order valence-corrected chi connectivity index (χ4v) is 1.60. The predicted octanol–water partition coefficient (Wildman–Crippen LogP) is 3.99. The number of nitro groups is 1. The maximum Gasteiger partial charge on any atom is 0.272 e. The molecule has 0 N–H and O–H groups in total. The van der Waals surface area contributed by atoms with Gasteiger partial charge in [-0.2, -0.15) is 0 Å². The summed E-state index contributed by atoms with van der Waals surface area (Å²) in [4.78, 5) is 13.9. The highest BCUT2D eigenvalue weighted by Crippen LogP contribution is 2.27. The van der Waals surface area contributed by atoms with Crippen LogP contribution in [0.15, 0.2) is 34.8 Å². The molecule has 0 saturated carbocycles. The molecule has 5 nitrogen and oxygen atoms in total. The van der Waals surface area contributed by atoms with E-state index in [1.807, 2.05) is 0 Å². The van der Waals surface area contributed by atoms with Crippen molar-refractivity contribution in [3.05, 3.63) is 56.4 Å².